The second-order valence-electron chi connectivity index (χ2n) is 8.07. The van der Waals surface area contributed by atoms with Crippen molar-refractivity contribution in [2.24, 2.45) is 5.92 Å². The van der Waals surface area contributed by atoms with Gasteiger partial charge in [0.05, 0.1) is 5.92 Å². The van der Waals surface area contributed by atoms with Crippen LogP contribution in [0.25, 0.3) is 0 Å². The summed E-state index contributed by atoms with van der Waals surface area (Å²) in [5.74, 6) is 0.229. The highest BCUT2D eigenvalue weighted by Gasteiger charge is 2.22. The molecule has 2 atom stereocenters. The minimum Gasteiger partial charge on any atom is -0.462 e. The molecule has 0 aromatic heterocycles. The van der Waals surface area contributed by atoms with Crippen LogP contribution >= 0.6 is 0 Å². The molecule has 0 spiro atoms. The van der Waals surface area contributed by atoms with Crippen molar-refractivity contribution in [3.05, 3.63) is 0 Å². The number of unbranched alkanes of at least 4 members (excludes halogenated alkanes) is 10. The van der Waals surface area contributed by atoms with Gasteiger partial charge in [0.2, 0.25) is 0 Å². The zero-order valence-corrected chi connectivity index (χ0v) is 18.5. The van der Waals surface area contributed by atoms with Gasteiger partial charge in [0, 0.05) is 0 Å². The van der Waals surface area contributed by atoms with E-state index in [0.717, 1.165) is 25.7 Å². The lowest BCUT2D eigenvalue weighted by atomic mass is 9.94. The largest absolute Gasteiger partial charge is 0.462 e. The number of hydrogen-bond donors (Lipinski definition) is 0. The maximum absolute atomic E-state index is 12.7. The molecular weight excluding hydrogens is 320 g/mol. The fraction of sp³-hybridized carbons (Fsp3) is 0.958. The van der Waals surface area contributed by atoms with Crippen molar-refractivity contribution in [1.82, 2.24) is 0 Å². The summed E-state index contributed by atoms with van der Waals surface area (Å²) in [5, 5.41) is 0. The molecule has 0 aliphatic carbocycles. The second kappa shape index (κ2) is 19.2. The average molecular weight is 369 g/mol. The summed E-state index contributed by atoms with van der Waals surface area (Å²) < 4.78 is 5.91. The van der Waals surface area contributed by atoms with Gasteiger partial charge in [0.15, 0.2) is 0 Å². The van der Waals surface area contributed by atoms with Gasteiger partial charge in [-0.05, 0) is 32.1 Å². The number of ether oxygens (including phenoxy) is 1. The molecule has 0 bridgehead atoms. The summed E-state index contributed by atoms with van der Waals surface area (Å²) in [6.45, 7) is 8.86. The summed E-state index contributed by atoms with van der Waals surface area (Å²) in [6, 6.07) is 0. The Kier molecular flexibility index (Phi) is 18.8. The lowest BCUT2D eigenvalue weighted by Crippen LogP contribution is -2.24. The van der Waals surface area contributed by atoms with Gasteiger partial charge in [-0.1, -0.05) is 105 Å². The molecule has 26 heavy (non-hydrogen) atoms. The van der Waals surface area contributed by atoms with Crippen LogP contribution in [0.15, 0.2) is 0 Å². The van der Waals surface area contributed by atoms with Gasteiger partial charge in [-0.25, -0.2) is 0 Å². The lowest BCUT2D eigenvalue weighted by molar-refractivity contribution is -0.155. The molecule has 0 radical (unpaired) electrons. The van der Waals surface area contributed by atoms with Crippen molar-refractivity contribution in [2.45, 2.75) is 143 Å². The molecule has 0 saturated heterocycles. The van der Waals surface area contributed by atoms with E-state index in [1.807, 2.05) is 0 Å². The van der Waals surface area contributed by atoms with Gasteiger partial charge in [0.1, 0.15) is 6.10 Å². The van der Waals surface area contributed by atoms with Crippen molar-refractivity contribution < 1.29 is 9.53 Å². The number of carbonyl (C=O) groups is 1. The zero-order chi connectivity index (χ0) is 19.5. The van der Waals surface area contributed by atoms with E-state index < -0.39 is 0 Å². The smallest absolute Gasteiger partial charge is 0.309 e. The van der Waals surface area contributed by atoms with Crippen molar-refractivity contribution in [2.75, 3.05) is 0 Å². The number of rotatable bonds is 19. The van der Waals surface area contributed by atoms with Gasteiger partial charge in [-0.3, -0.25) is 4.79 Å². The lowest BCUT2D eigenvalue weighted by Gasteiger charge is -2.21. The molecule has 2 unspecified atom stereocenters. The highest BCUT2D eigenvalue weighted by molar-refractivity contribution is 5.72. The van der Waals surface area contributed by atoms with E-state index >= 15 is 0 Å². The summed E-state index contributed by atoms with van der Waals surface area (Å²) in [7, 11) is 0. The Labute approximate surface area is 164 Å². The zero-order valence-electron chi connectivity index (χ0n) is 18.5. The average Bonchev–Trinajstić information content (AvgIpc) is 2.65. The van der Waals surface area contributed by atoms with Crippen molar-refractivity contribution in [3.63, 3.8) is 0 Å². The third-order valence-electron chi connectivity index (χ3n) is 5.51. The van der Waals surface area contributed by atoms with Crippen molar-refractivity contribution in [3.8, 4) is 0 Å². The predicted octanol–water partition coefficient (Wildman–Crippen LogP) is 8.23. The first-order valence-corrected chi connectivity index (χ1v) is 11.9. The van der Waals surface area contributed by atoms with Crippen LogP contribution in [0.5, 0.6) is 0 Å². The van der Waals surface area contributed by atoms with E-state index in [9.17, 15) is 4.79 Å². The normalized spacial score (nSPS) is 13.5. The molecule has 0 N–H and O–H groups in total. The Balaban J connectivity index is 4.24. The summed E-state index contributed by atoms with van der Waals surface area (Å²) >= 11 is 0. The van der Waals surface area contributed by atoms with E-state index in [0.29, 0.717) is 0 Å². The molecule has 156 valence electrons. The predicted molar refractivity (Wildman–Crippen MR) is 115 cm³/mol. The molecule has 2 nitrogen and oxygen atoms in total. The van der Waals surface area contributed by atoms with Crippen LogP contribution in [0.1, 0.15) is 137 Å². The molecule has 0 fully saturated rings. The van der Waals surface area contributed by atoms with E-state index in [1.54, 1.807) is 0 Å². The van der Waals surface area contributed by atoms with Crippen molar-refractivity contribution >= 4 is 5.97 Å². The molecule has 0 aliphatic rings. The van der Waals surface area contributed by atoms with E-state index in [2.05, 4.69) is 27.7 Å². The SMILES string of the molecule is CCCCCCCCCC(CCCCC)C(=O)OC(CC)CCCCC. The number of hydrogen-bond acceptors (Lipinski definition) is 2. The topological polar surface area (TPSA) is 26.3 Å². The quantitative estimate of drug-likeness (QED) is 0.169. The molecule has 0 aromatic rings. The highest BCUT2D eigenvalue weighted by atomic mass is 16.5. The molecule has 0 amide bonds. The summed E-state index contributed by atoms with van der Waals surface area (Å²) in [5.41, 5.74) is 0. The Morgan fingerprint density at radius 1 is 0.615 bits per heavy atom. The van der Waals surface area contributed by atoms with Crippen LogP contribution in [0.3, 0.4) is 0 Å². The Morgan fingerprint density at radius 2 is 1.04 bits per heavy atom. The van der Waals surface area contributed by atoms with Gasteiger partial charge < -0.3 is 4.74 Å². The third kappa shape index (κ3) is 14.6. The summed E-state index contributed by atoms with van der Waals surface area (Å²) in [6.07, 6.45) is 20.6. The maximum atomic E-state index is 12.7. The van der Waals surface area contributed by atoms with Gasteiger partial charge in [-0.2, -0.15) is 0 Å². The minimum atomic E-state index is 0.0930. The first kappa shape index (κ1) is 25.5. The molecule has 0 heterocycles. The molecule has 0 saturated carbocycles. The third-order valence-corrected chi connectivity index (χ3v) is 5.51. The molecule has 2 heteroatoms. The molecule has 0 rings (SSSR count). The minimum absolute atomic E-state index is 0.0930. The Morgan fingerprint density at radius 3 is 1.58 bits per heavy atom. The van der Waals surface area contributed by atoms with Crippen LogP contribution in [0.4, 0.5) is 0 Å². The van der Waals surface area contributed by atoms with Crippen molar-refractivity contribution in [1.29, 1.82) is 0 Å². The molecule has 0 aliphatic heterocycles. The maximum Gasteiger partial charge on any atom is 0.309 e. The van der Waals surface area contributed by atoms with Crippen LogP contribution in [-0.2, 0) is 9.53 Å². The summed E-state index contributed by atoms with van der Waals surface area (Å²) in [4.78, 5) is 12.7. The van der Waals surface area contributed by atoms with Gasteiger partial charge in [0.25, 0.3) is 0 Å². The first-order valence-electron chi connectivity index (χ1n) is 11.9. The van der Waals surface area contributed by atoms with Crippen LogP contribution in [0.2, 0.25) is 0 Å². The standard InChI is InChI=1S/C24H48O2/c1-5-9-12-13-14-15-18-20-22(19-16-10-6-2)24(25)26-23(8-4)21-17-11-7-3/h22-23H,5-21H2,1-4H3. The molecular formula is C24H48O2. The Hall–Kier alpha value is -0.530. The second-order valence-corrected chi connectivity index (χ2v) is 8.07. The Bertz CT molecular complexity index is 301. The van der Waals surface area contributed by atoms with E-state index in [4.69, 9.17) is 4.74 Å². The van der Waals surface area contributed by atoms with Crippen LogP contribution in [0, 0.1) is 5.92 Å². The number of carbonyl (C=O) groups excluding carboxylic acids is 1. The fourth-order valence-electron chi connectivity index (χ4n) is 3.60. The highest BCUT2D eigenvalue weighted by Crippen LogP contribution is 2.22. The van der Waals surface area contributed by atoms with E-state index in [1.165, 1.54) is 83.5 Å². The van der Waals surface area contributed by atoms with Crippen LogP contribution in [-0.4, -0.2) is 12.1 Å². The van der Waals surface area contributed by atoms with Gasteiger partial charge in [-0.15, -0.1) is 0 Å². The van der Waals surface area contributed by atoms with Crippen LogP contribution < -0.4 is 0 Å². The number of esters is 1. The first-order chi connectivity index (χ1) is 12.7. The van der Waals surface area contributed by atoms with Gasteiger partial charge >= 0.3 is 5.97 Å². The molecule has 0 aromatic carbocycles. The van der Waals surface area contributed by atoms with E-state index in [-0.39, 0.29) is 18.0 Å². The monoisotopic (exact) mass is 368 g/mol. The fourth-order valence-corrected chi connectivity index (χ4v) is 3.60.